The molecule has 15 rings (SSSR count). The molecule has 0 saturated heterocycles. The van der Waals surface area contributed by atoms with E-state index in [2.05, 4.69) is 221 Å². The fraction of sp³-hybridized carbons (Fsp3) is 0. The van der Waals surface area contributed by atoms with Crippen LogP contribution in [0.15, 0.2) is 212 Å². The topological polar surface area (TPSA) is 28.3 Å². The fourth-order valence-electron chi connectivity index (χ4n) is 11.2. The summed E-state index contributed by atoms with van der Waals surface area (Å²) in [7, 11) is 0. The number of thiophene rings is 1. The Bertz CT molecular complexity index is 4130. The lowest BCUT2D eigenvalue weighted by molar-refractivity contribution is 0.465. The van der Waals surface area contributed by atoms with Gasteiger partial charge >= 0.3 is 0 Å². The molecule has 0 amide bonds. The van der Waals surface area contributed by atoms with Gasteiger partial charge in [-0.25, -0.2) is 0 Å². The molecule has 0 fully saturated rings. The van der Waals surface area contributed by atoms with Gasteiger partial charge in [0.2, 0.25) is 0 Å². The minimum Gasteiger partial charge on any atom is -0.458 e. The van der Waals surface area contributed by atoms with Crippen LogP contribution in [0, 0.1) is 0 Å². The van der Waals surface area contributed by atoms with Crippen LogP contribution in [-0.4, -0.2) is 15.8 Å². The number of benzene rings is 10. The monoisotopic (exact) mass is 858 g/mol. The normalized spacial score (nSPS) is 12.8. The maximum Gasteiger partial charge on any atom is 0.260 e. The number of hydrogen-bond donors (Lipinski definition) is 0. The van der Waals surface area contributed by atoms with E-state index in [1.165, 1.54) is 97.2 Å². The Labute approximate surface area is 383 Å². The van der Waals surface area contributed by atoms with Crippen LogP contribution in [-0.2, 0) is 0 Å². The molecule has 3 aromatic heterocycles. The lowest BCUT2D eigenvalue weighted by atomic mass is 9.35. The van der Waals surface area contributed by atoms with Gasteiger partial charge in [0.15, 0.2) is 0 Å². The van der Waals surface area contributed by atoms with Gasteiger partial charge in [-0.3, -0.25) is 0 Å². The molecule has 306 valence electrons. The van der Waals surface area contributed by atoms with Gasteiger partial charge in [-0.15, -0.1) is 11.3 Å². The summed E-state index contributed by atoms with van der Waals surface area (Å²) in [4.78, 5) is 0. The first-order valence-corrected chi connectivity index (χ1v) is 23.3. The minimum absolute atomic E-state index is 0.0423. The van der Waals surface area contributed by atoms with Crippen molar-refractivity contribution in [2.75, 3.05) is 0 Å². The maximum absolute atomic E-state index is 6.73. The zero-order valence-corrected chi connectivity index (χ0v) is 36.2. The highest BCUT2D eigenvalue weighted by Crippen LogP contribution is 2.47. The molecule has 13 aromatic rings. The molecule has 4 nitrogen and oxygen atoms in total. The third-order valence-electron chi connectivity index (χ3n) is 14.0. The zero-order chi connectivity index (χ0) is 43.0. The summed E-state index contributed by atoms with van der Waals surface area (Å²) in [5, 5.41) is 7.46. The summed E-state index contributed by atoms with van der Waals surface area (Å²) in [6.07, 6.45) is 0. The van der Waals surface area contributed by atoms with E-state index in [-0.39, 0.29) is 6.71 Å². The summed E-state index contributed by atoms with van der Waals surface area (Å²) in [5.41, 5.74) is 15.2. The van der Waals surface area contributed by atoms with Crippen LogP contribution in [0.25, 0.3) is 97.4 Å². The Morgan fingerprint density at radius 2 is 0.864 bits per heavy atom. The van der Waals surface area contributed by atoms with Crippen LogP contribution < -0.4 is 25.9 Å². The highest BCUT2D eigenvalue weighted by molar-refractivity contribution is 7.26. The summed E-state index contributed by atoms with van der Waals surface area (Å²) < 4.78 is 20.8. The SMILES string of the molecule is c1ccc(-n2c3ccccc3c3cc(-c4ccc5c(c4)c4ccccc4n5-c4cccc5c4sc4c(-c6cc7c8c(c6)Oc6ccccc6B8c6ccccc6O7)cccc45)ccc32)cc1. The van der Waals surface area contributed by atoms with Crippen molar-refractivity contribution in [2.45, 2.75) is 0 Å². The summed E-state index contributed by atoms with van der Waals surface area (Å²) >= 11 is 1.87. The standard InChI is InChI=1S/C60H35BN2O2S/c1-2-14-39(15-3-1)62-49-23-8-4-16-41(49)45-32-36(28-30-51(45)62)37-29-31-52-46(33-37)42-17-5-9-24-50(42)63(52)53-25-13-20-44-43-19-12-18-40(59(43)66-60(44)53)38-34-56-58-57(35-38)65-55-27-11-7-22-48(55)61(58)47-21-6-10-26-54(47)64-56/h1-35H. The van der Waals surface area contributed by atoms with E-state index in [0.29, 0.717) is 0 Å². The molecule has 0 spiro atoms. The Morgan fingerprint density at radius 1 is 0.348 bits per heavy atom. The van der Waals surface area contributed by atoms with E-state index in [9.17, 15) is 0 Å². The lowest BCUT2D eigenvalue weighted by Crippen LogP contribution is -2.57. The summed E-state index contributed by atoms with van der Waals surface area (Å²) in [5.74, 6) is 3.49. The van der Waals surface area contributed by atoms with Crippen molar-refractivity contribution in [2.24, 2.45) is 0 Å². The second kappa shape index (κ2) is 13.6. The molecule has 66 heavy (non-hydrogen) atoms. The molecular weight excluding hydrogens is 824 g/mol. The molecule has 10 aromatic carbocycles. The Morgan fingerprint density at radius 3 is 1.53 bits per heavy atom. The molecular formula is C60H35BN2O2S. The molecule has 2 aliphatic rings. The first-order valence-electron chi connectivity index (χ1n) is 22.5. The van der Waals surface area contributed by atoms with Crippen molar-refractivity contribution in [3.05, 3.63) is 212 Å². The number of ether oxygens (including phenoxy) is 2. The van der Waals surface area contributed by atoms with E-state index in [1.54, 1.807) is 0 Å². The lowest BCUT2D eigenvalue weighted by Gasteiger charge is -2.33. The predicted molar refractivity (Wildman–Crippen MR) is 277 cm³/mol. The predicted octanol–water partition coefficient (Wildman–Crippen LogP) is 14.3. The number of rotatable bonds is 4. The third-order valence-corrected chi connectivity index (χ3v) is 15.3. The van der Waals surface area contributed by atoms with E-state index in [1.807, 2.05) is 11.3 Å². The van der Waals surface area contributed by atoms with Crippen LogP contribution in [0.5, 0.6) is 23.0 Å². The van der Waals surface area contributed by atoms with Gasteiger partial charge in [0.25, 0.3) is 6.71 Å². The molecule has 0 saturated carbocycles. The molecule has 0 bridgehead atoms. The third kappa shape index (κ3) is 5.04. The Kier molecular flexibility index (Phi) is 7.43. The van der Waals surface area contributed by atoms with Gasteiger partial charge in [-0.05, 0) is 112 Å². The van der Waals surface area contributed by atoms with Gasteiger partial charge in [0.1, 0.15) is 23.0 Å². The van der Waals surface area contributed by atoms with E-state index in [4.69, 9.17) is 9.47 Å². The van der Waals surface area contributed by atoms with Crippen molar-refractivity contribution in [1.82, 2.24) is 9.13 Å². The molecule has 0 unspecified atom stereocenters. The summed E-state index contributed by atoms with van der Waals surface area (Å²) in [6, 6.07) is 77.0. The van der Waals surface area contributed by atoms with E-state index >= 15 is 0 Å². The number of fused-ring (bicyclic) bond motifs is 13. The minimum atomic E-state index is 0.0423. The van der Waals surface area contributed by atoms with E-state index < -0.39 is 0 Å². The van der Waals surface area contributed by atoms with Gasteiger partial charge in [-0.1, -0.05) is 133 Å². The van der Waals surface area contributed by atoms with Gasteiger partial charge in [-0.2, -0.15) is 0 Å². The molecule has 0 radical (unpaired) electrons. The molecule has 5 heterocycles. The number of hydrogen-bond acceptors (Lipinski definition) is 3. The average molecular weight is 859 g/mol. The van der Waals surface area contributed by atoms with Crippen LogP contribution >= 0.6 is 11.3 Å². The van der Waals surface area contributed by atoms with Gasteiger partial charge < -0.3 is 18.6 Å². The number of para-hydroxylation sites is 5. The van der Waals surface area contributed by atoms with Crippen molar-refractivity contribution in [3.63, 3.8) is 0 Å². The quantitative estimate of drug-likeness (QED) is 0.165. The van der Waals surface area contributed by atoms with Crippen LogP contribution in [0.4, 0.5) is 0 Å². The molecule has 0 aliphatic carbocycles. The molecule has 6 heteroatoms. The smallest absolute Gasteiger partial charge is 0.260 e. The van der Waals surface area contributed by atoms with Crippen molar-refractivity contribution in [3.8, 4) is 56.6 Å². The van der Waals surface area contributed by atoms with Crippen molar-refractivity contribution < 1.29 is 9.47 Å². The van der Waals surface area contributed by atoms with Crippen molar-refractivity contribution >= 4 is 98.2 Å². The van der Waals surface area contributed by atoms with Gasteiger partial charge in [0.05, 0.1) is 32.5 Å². The van der Waals surface area contributed by atoms with Crippen molar-refractivity contribution in [1.29, 1.82) is 0 Å². The second-order valence-corrected chi connectivity index (χ2v) is 18.6. The zero-order valence-electron chi connectivity index (χ0n) is 35.4. The van der Waals surface area contributed by atoms with Crippen LogP contribution in [0.3, 0.4) is 0 Å². The number of aromatic nitrogens is 2. The maximum atomic E-state index is 6.73. The number of nitrogens with zero attached hydrogens (tertiary/aromatic N) is 2. The van der Waals surface area contributed by atoms with Crippen LogP contribution in [0.2, 0.25) is 0 Å². The first kappa shape index (κ1) is 36.1. The molecule has 0 atom stereocenters. The average Bonchev–Trinajstić information content (AvgIpc) is 4.04. The molecule has 2 aliphatic heterocycles. The van der Waals surface area contributed by atoms with Crippen LogP contribution in [0.1, 0.15) is 0 Å². The second-order valence-electron chi connectivity index (χ2n) is 17.5. The van der Waals surface area contributed by atoms with Gasteiger partial charge in [0, 0.05) is 48.2 Å². The Balaban J connectivity index is 0.885. The molecule has 0 N–H and O–H groups in total. The Hall–Kier alpha value is -8.32. The highest BCUT2D eigenvalue weighted by Gasteiger charge is 2.40. The van der Waals surface area contributed by atoms with E-state index in [0.717, 1.165) is 39.6 Å². The fourth-order valence-corrected chi connectivity index (χ4v) is 12.5. The summed E-state index contributed by atoms with van der Waals surface area (Å²) in [6.45, 7) is 0.0423. The first-order chi connectivity index (χ1) is 32.7. The largest absolute Gasteiger partial charge is 0.458 e. The highest BCUT2D eigenvalue weighted by atomic mass is 32.1.